The third-order valence-corrected chi connectivity index (χ3v) is 6.35. The van der Waals surface area contributed by atoms with Crippen molar-refractivity contribution >= 4 is 35.8 Å². The smallest absolute Gasteiger partial charge is 0.243 e. The van der Waals surface area contributed by atoms with Gasteiger partial charge in [-0.05, 0) is 44.9 Å². The lowest BCUT2D eigenvalue weighted by molar-refractivity contribution is -0.127. The Bertz CT molecular complexity index is 511. The maximum atomic E-state index is 12.0. The minimum atomic E-state index is 0. The van der Waals surface area contributed by atoms with Crippen molar-refractivity contribution in [3.8, 4) is 0 Å². The molecule has 7 nitrogen and oxygen atoms in total. The van der Waals surface area contributed by atoms with E-state index in [9.17, 15) is 4.79 Å². The fourth-order valence-electron chi connectivity index (χ4n) is 4.49. The summed E-state index contributed by atoms with van der Waals surface area (Å²) in [6, 6.07) is 1.24. The van der Waals surface area contributed by atoms with Crippen LogP contribution in [0.15, 0.2) is 4.99 Å². The first-order valence-electron chi connectivity index (χ1n) is 11.2. The van der Waals surface area contributed by atoms with Gasteiger partial charge in [0, 0.05) is 52.4 Å². The van der Waals surface area contributed by atoms with Gasteiger partial charge in [0.1, 0.15) is 6.54 Å². The number of likely N-dealkylation sites (N-methyl/N-ethyl adjacent to an activating group) is 1. The van der Waals surface area contributed by atoms with Gasteiger partial charge in [-0.25, -0.2) is 4.99 Å². The van der Waals surface area contributed by atoms with Crippen molar-refractivity contribution in [3.05, 3.63) is 0 Å². The van der Waals surface area contributed by atoms with Crippen LogP contribution in [0.1, 0.15) is 57.8 Å². The Morgan fingerprint density at radius 1 is 1.07 bits per heavy atom. The first-order valence-corrected chi connectivity index (χ1v) is 11.2. The number of likely N-dealkylation sites (tertiary alicyclic amines) is 1. The average Bonchev–Trinajstić information content (AvgIpc) is 3.26. The fourth-order valence-corrected chi connectivity index (χ4v) is 4.49. The van der Waals surface area contributed by atoms with Crippen molar-refractivity contribution < 1.29 is 9.53 Å². The van der Waals surface area contributed by atoms with Crippen molar-refractivity contribution in [3.63, 3.8) is 0 Å². The summed E-state index contributed by atoms with van der Waals surface area (Å²) in [5.41, 5.74) is 0. The van der Waals surface area contributed by atoms with Crippen LogP contribution >= 0.6 is 24.0 Å². The standard InChI is InChI=1S/C21H39N5O2.HI/c1-25(2)20(27)16-23-21(22-15-19-9-5-6-14-28-19)24-17-10-12-26(13-11-17)18-7-3-4-8-18;/h17-19H,3-16H2,1-2H3,(H2,22,23,24);1H. The Kier molecular flexibility index (Phi) is 11.0. The third kappa shape index (κ3) is 8.20. The predicted octanol–water partition coefficient (Wildman–Crippen LogP) is 2.20. The van der Waals surface area contributed by atoms with Crippen LogP contribution in [0.3, 0.4) is 0 Å². The Morgan fingerprint density at radius 2 is 1.76 bits per heavy atom. The Balaban J connectivity index is 0.00000300. The molecule has 2 aliphatic heterocycles. The molecule has 0 aromatic heterocycles. The van der Waals surface area contributed by atoms with E-state index < -0.39 is 0 Å². The number of ether oxygens (including phenoxy) is 1. The molecule has 2 N–H and O–H groups in total. The number of aliphatic imine (C=N–C) groups is 1. The number of nitrogens with zero attached hydrogens (tertiary/aromatic N) is 3. The second-order valence-corrected chi connectivity index (χ2v) is 8.72. The number of nitrogens with one attached hydrogen (secondary N) is 2. The number of piperidine rings is 1. The summed E-state index contributed by atoms with van der Waals surface area (Å²) in [5, 5.41) is 7.01. The Hall–Kier alpha value is -0.610. The first kappa shape index (κ1) is 24.7. The SMILES string of the molecule is CN(C)C(=O)CN=C(NCC1CCCCO1)NC1CCN(C2CCCC2)CC1.I. The van der Waals surface area contributed by atoms with Gasteiger partial charge >= 0.3 is 0 Å². The minimum absolute atomic E-state index is 0. The van der Waals surface area contributed by atoms with Gasteiger partial charge in [-0.2, -0.15) is 0 Å². The molecular formula is C21H40IN5O2. The van der Waals surface area contributed by atoms with Gasteiger partial charge < -0.3 is 25.2 Å². The zero-order chi connectivity index (χ0) is 19.8. The maximum Gasteiger partial charge on any atom is 0.243 e. The van der Waals surface area contributed by atoms with E-state index in [2.05, 4.69) is 20.5 Å². The van der Waals surface area contributed by atoms with Crippen molar-refractivity contribution in [2.45, 2.75) is 76.0 Å². The molecule has 0 aromatic rings. The van der Waals surface area contributed by atoms with Crippen molar-refractivity contribution in [1.29, 1.82) is 0 Å². The molecule has 8 heteroatoms. The molecule has 0 radical (unpaired) electrons. The topological polar surface area (TPSA) is 69.2 Å². The molecule has 0 aromatic carbocycles. The molecule has 1 amide bonds. The second-order valence-electron chi connectivity index (χ2n) is 8.72. The lowest BCUT2D eigenvalue weighted by Crippen LogP contribution is -2.51. The number of carbonyl (C=O) groups excluding carboxylic acids is 1. The Labute approximate surface area is 193 Å². The largest absolute Gasteiger partial charge is 0.376 e. The van der Waals surface area contributed by atoms with Gasteiger partial charge in [-0.3, -0.25) is 4.79 Å². The van der Waals surface area contributed by atoms with Crippen LogP contribution in [0, 0.1) is 0 Å². The number of hydrogen-bond acceptors (Lipinski definition) is 4. The highest BCUT2D eigenvalue weighted by molar-refractivity contribution is 14.0. The zero-order valence-electron chi connectivity index (χ0n) is 18.2. The van der Waals surface area contributed by atoms with Crippen LogP contribution in [0.4, 0.5) is 0 Å². The van der Waals surface area contributed by atoms with E-state index in [1.807, 2.05) is 0 Å². The van der Waals surface area contributed by atoms with E-state index in [0.29, 0.717) is 6.04 Å². The molecule has 29 heavy (non-hydrogen) atoms. The van der Waals surface area contributed by atoms with Crippen molar-refractivity contribution in [2.24, 2.45) is 4.99 Å². The van der Waals surface area contributed by atoms with Crippen LogP contribution in [0.5, 0.6) is 0 Å². The number of halogens is 1. The highest BCUT2D eigenvalue weighted by Gasteiger charge is 2.27. The third-order valence-electron chi connectivity index (χ3n) is 6.35. The summed E-state index contributed by atoms with van der Waals surface area (Å²) in [7, 11) is 3.54. The summed E-state index contributed by atoms with van der Waals surface area (Å²) in [5.74, 6) is 0.773. The highest BCUT2D eigenvalue weighted by Crippen LogP contribution is 2.26. The van der Waals surface area contributed by atoms with Crippen LogP contribution in [0.2, 0.25) is 0 Å². The molecule has 168 valence electrons. The molecule has 1 unspecified atom stereocenters. The van der Waals surface area contributed by atoms with Gasteiger partial charge in [0.15, 0.2) is 5.96 Å². The summed E-state index contributed by atoms with van der Waals surface area (Å²) in [4.78, 5) is 20.8. The molecule has 3 aliphatic rings. The number of guanidine groups is 1. The second kappa shape index (κ2) is 12.9. The van der Waals surface area contributed by atoms with Crippen LogP contribution in [-0.4, -0.2) is 86.7 Å². The summed E-state index contributed by atoms with van der Waals surface area (Å²) in [6.45, 7) is 4.11. The van der Waals surface area contributed by atoms with E-state index in [1.54, 1.807) is 19.0 Å². The van der Waals surface area contributed by atoms with Gasteiger partial charge in [-0.15, -0.1) is 24.0 Å². The minimum Gasteiger partial charge on any atom is -0.376 e. The van der Waals surface area contributed by atoms with E-state index in [0.717, 1.165) is 63.9 Å². The van der Waals surface area contributed by atoms with Crippen LogP contribution < -0.4 is 10.6 Å². The highest BCUT2D eigenvalue weighted by atomic mass is 127. The predicted molar refractivity (Wildman–Crippen MR) is 128 cm³/mol. The monoisotopic (exact) mass is 521 g/mol. The lowest BCUT2D eigenvalue weighted by Gasteiger charge is -2.36. The molecule has 1 aliphatic carbocycles. The molecule has 3 rings (SSSR count). The van der Waals surface area contributed by atoms with Crippen LogP contribution in [-0.2, 0) is 9.53 Å². The number of rotatable bonds is 6. The van der Waals surface area contributed by atoms with Crippen molar-refractivity contribution in [2.75, 3.05) is 46.9 Å². The molecule has 2 heterocycles. The van der Waals surface area contributed by atoms with E-state index in [4.69, 9.17) is 4.74 Å². The van der Waals surface area contributed by atoms with Crippen molar-refractivity contribution in [1.82, 2.24) is 20.4 Å². The fraction of sp³-hybridized carbons (Fsp3) is 0.905. The van der Waals surface area contributed by atoms with E-state index in [1.165, 1.54) is 32.1 Å². The number of amides is 1. The summed E-state index contributed by atoms with van der Waals surface area (Å²) in [6.07, 6.45) is 11.5. The van der Waals surface area contributed by atoms with E-state index in [-0.39, 0.29) is 42.5 Å². The lowest BCUT2D eigenvalue weighted by atomic mass is 10.0. The maximum absolute atomic E-state index is 12.0. The zero-order valence-corrected chi connectivity index (χ0v) is 20.5. The first-order chi connectivity index (χ1) is 13.6. The van der Waals surface area contributed by atoms with Gasteiger partial charge in [-0.1, -0.05) is 12.8 Å². The molecular weight excluding hydrogens is 481 g/mol. The van der Waals surface area contributed by atoms with E-state index >= 15 is 0 Å². The molecule has 0 spiro atoms. The normalized spacial score (nSPS) is 24.8. The Morgan fingerprint density at radius 3 is 2.38 bits per heavy atom. The summed E-state index contributed by atoms with van der Waals surface area (Å²) >= 11 is 0. The van der Waals surface area contributed by atoms with Gasteiger partial charge in [0.25, 0.3) is 0 Å². The van der Waals surface area contributed by atoms with Gasteiger partial charge in [0.2, 0.25) is 5.91 Å². The number of carbonyl (C=O) groups is 1. The quantitative estimate of drug-likeness (QED) is 0.319. The molecule has 2 saturated heterocycles. The van der Waals surface area contributed by atoms with Gasteiger partial charge in [0.05, 0.1) is 6.10 Å². The molecule has 1 atom stereocenters. The molecule has 3 fully saturated rings. The van der Waals surface area contributed by atoms with Crippen LogP contribution in [0.25, 0.3) is 0 Å². The summed E-state index contributed by atoms with van der Waals surface area (Å²) < 4.78 is 5.83. The number of hydrogen-bond donors (Lipinski definition) is 2. The molecule has 1 saturated carbocycles. The average molecular weight is 521 g/mol. The molecule has 0 bridgehead atoms.